The summed E-state index contributed by atoms with van der Waals surface area (Å²) < 4.78 is 26.9. The average Bonchev–Trinajstić information content (AvgIpc) is 0.773. The number of hydrogen-bond donors (Lipinski definition) is 0. The van der Waals surface area contributed by atoms with Gasteiger partial charge in [-0.1, -0.05) is 161 Å². The first kappa shape index (κ1) is 105. The van der Waals surface area contributed by atoms with Gasteiger partial charge in [0, 0.05) is 38.9 Å². The Morgan fingerprint density at radius 1 is 0.257 bits per heavy atom. The number of hydrogen-bond acceptors (Lipinski definition) is 6. The lowest BCUT2D eigenvalue weighted by Gasteiger charge is -2.25. The Morgan fingerprint density at radius 2 is 0.562 bits per heavy atom. The number of aryl methyl sites for hydroxylation is 17. The van der Waals surface area contributed by atoms with Gasteiger partial charge in [0.25, 0.3) is 38.0 Å². The molecular formula is C131H155FN12+6. The van der Waals surface area contributed by atoms with Crippen molar-refractivity contribution in [1.29, 1.82) is 0 Å². The van der Waals surface area contributed by atoms with Crippen molar-refractivity contribution in [3.05, 3.63) is 354 Å². The molecule has 0 unspecified atom stereocenters. The van der Waals surface area contributed by atoms with Crippen molar-refractivity contribution in [2.45, 2.75) is 273 Å². The highest BCUT2D eigenvalue weighted by Gasteiger charge is 2.31. The molecule has 2 aliphatic rings. The van der Waals surface area contributed by atoms with E-state index >= 15 is 0 Å². The van der Waals surface area contributed by atoms with Gasteiger partial charge < -0.3 is 0 Å². The van der Waals surface area contributed by atoms with Crippen molar-refractivity contribution >= 4 is 65.4 Å². The number of halogens is 1. The molecule has 0 radical (unpaired) electrons. The average molecular weight is 1920 g/mol. The van der Waals surface area contributed by atoms with Crippen LogP contribution in [0, 0.1) is 130 Å². The van der Waals surface area contributed by atoms with Crippen LogP contribution in [0.25, 0.3) is 133 Å². The second-order valence-corrected chi connectivity index (χ2v) is 42.0. The Hall–Kier alpha value is -13.4. The predicted octanol–water partition coefficient (Wildman–Crippen LogP) is 30.3. The monoisotopic (exact) mass is 1920 g/mol. The topological polar surface area (TPSA) is 101 Å². The van der Waals surface area contributed by atoms with Crippen LogP contribution in [0.15, 0.2) is 220 Å². The molecule has 0 N–H and O–H groups in total. The molecule has 740 valence electrons. The number of fused-ring (bicyclic) bond motifs is 6. The lowest BCUT2D eigenvalue weighted by atomic mass is 9.79. The Bertz CT molecular complexity index is 7810. The van der Waals surface area contributed by atoms with Gasteiger partial charge in [-0.2, -0.15) is 0 Å². The fourth-order valence-corrected chi connectivity index (χ4v) is 22.3. The van der Waals surface area contributed by atoms with Crippen LogP contribution in [-0.4, -0.2) is 29.9 Å². The fourth-order valence-electron chi connectivity index (χ4n) is 22.3. The van der Waals surface area contributed by atoms with Crippen molar-refractivity contribution in [3.8, 4) is 67.5 Å². The van der Waals surface area contributed by atoms with E-state index in [0.29, 0.717) is 28.9 Å². The lowest BCUT2D eigenvalue weighted by Crippen LogP contribution is -2.32. The second kappa shape index (κ2) is 45.3. The van der Waals surface area contributed by atoms with Gasteiger partial charge in [-0.05, 0) is 446 Å². The summed E-state index contributed by atoms with van der Waals surface area (Å²) in [6, 6.07) is 66.9. The quantitative estimate of drug-likeness (QED) is 0.0842. The van der Waals surface area contributed by atoms with Gasteiger partial charge in [0.15, 0.2) is 33.1 Å². The molecule has 12 nitrogen and oxygen atoms in total. The van der Waals surface area contributed by atoms with Crippen LogP contribution in [0.2, 0.25) is 0 Å². The molecule has 0 aliphatic heterocycles. The van der Waals surface area contributed by atoms with E-state index in [1.165, 1.54) is 259 Å². The molecular weight excluding hydrogens is 1760 g/mol. The first-order chi connectivity index (χ1) is 69.0. The van der Waals surface area contributed by atoms with Gasteiger partial charge in [-0.15, -0.1) is 0 Å². The third kappa shape index (κ3) is 21.8. The molecule has 2 fully saturated rings. The molecule has 6 aromatic heterocycles. The normalized spacial score (nSPS) is 12.5. The van der Waals surface area contributed by atoms with Crippen LogP contribution in [0.1, 0.15) is 276 Å². The van der Waals surface area contributed by atoms with Crippen LogP contribution in [0.5, 0.6) is 0 Å². The fraction of sp³-hybridized carbons (Fsp3) is 0.359. The molecule has 0 spiro atoms. The highest BCUT2D eigenvalue weighted by molar-refractivity contribution is 5.98. The smallest absolute Gasteiger partial charge is 0.232 e. The van der Waals surface area contributed by atoms with Crippen molar-refractivity contribution in [3.63, 3.8) is 0 Å². The van der Waals surface area contributed by atoms with Crippen LogP contribution < -0.4 is 27.4 Å². The van der Waals surface area contributed by atoms with E-state index in [4.69, 9.17) is 15.0 Å². The Morgan fingerprint density at radius 3 is 0.965 bits per heavy atom. The minimum Gasteiger partial charge on any atom is -0.232 e. The van der Waals surface area contributed by atoms with Gasteiger partial charge in [-0.25, -0.2) is 31.8 Å². The molecule has 0 bridgehead atoms. The van der Waals surface area contributed by atoms with E-state index in [9.17, 15) is 4.39 Å². The molecule has 12 aromatic carbocycles. The van der Waals surface area contributed by atoms with Crippen molar-refractivity contribution < 1.29 is 31.8 Å². The summed E-state index contributed by atoms with van der Waals surface area (Å²) in [4.78, 5) is 28.0. The zero-order valence-electron chi connectivity index (χ0n) is 91.9. The summed E-state index contributed by atoms with van der Waals surface area (Å²) in [6.45, 7) is 52.2. The third-order valence-electron chi connectivity index (χ3n) is 32.0. The van der Waals surface area contributed by atoms with Crippen LogP contribution in [0.4, 0.5) is 4.39 Å². The Labute approximate surface area is 857 Å². The lowest BCUT2D eigenvalue weighted by molar-refractivity contribution is -0.662. The SMILES string of the molecule is CCC(CC)c1ccc2c(-c3cc(C)cc(C)c3C)[n+](C)cnc2c1.CCC(CC)c1ccc2nc[n+](C)c(-c3cc(C)cc(C)c3C)c2c1.CCC(CC)c1cccc2c(-c3cc(C)cc(C)c3C)[n+](C)cnc12.Cc1cc(-c2c3ccccc3nc[n+]2C)c(C)c(C)c1F.Cc1cc(C)c(C)c(-c2c3cc(C4CCC4)ccc3nc[n+]2C)c1.Cc1cc(C)c(C)c(-c2c3ccc(C4CCC4)cc3nc[n+]2C)c1. The van der Waals surface area contributed by atoms with Crippen molar-refractivity contribution in [1.82, 2.24) is 29.9 Å². The summed E-state index contributed by atoms with van der Waals surface area (Å²) in [5, 5.41) is 7.34. The van der Waals surface area contributed by atoms with Crippen molar-refractivity contribution in [2.24, 2.45) is 42.3 Å². The largest absolute Gasteiger partial charge is 0.287 e. The molecule has 20 rings (SSSR count). The van der Waals surface area contributed by atoms with E-state index in [1.54, 1.807) is 0 Å². The van der Waals surface area contributed by atoms with Crippen molar-refractivity contribution in [2.75, 3.05) is 0 Å². The molecule has 0 saturated heterocycles. The maximum absolute atomic E-state index is 14.1. The molecule has 18 aromatic rings. The van der Waals surface area contributed by atoms with Gasteiger partial charge in [0.2, 0.25) is 0 Å². The highest BCUT2D eigenvalue weighted by atomic mass is 19.1. The molecule has 13 heteroatoms. The van der Waals surface area contributed by atoms with Gasteiger partial charge in [-0.3, -0.25) is 0 Å². The summed E-state index contributed by atoms with van der Waals surface area (Å²) in [5.74, 6) is 3.17. The summed E-state index contributed by atoms with van der Waals surface area (Å²) >= 11 is 0. The standard InChI is InChI=1S/3C23H29N2.2C22H25N2.C18H18FN2/c1-7-18(8-2)19-9-10-22-21(13-19)23(25(6)14-24-22)20-12-15(3)11-16(4)17(20)5;1-7-18(8-2)19-9-10-20-22(13-19)24-14-25(6)23(20)21-12-15(3)11-16(4)17(21)5;1-7-18(8-2)19-10-9-11-20-22(19)24-14-25(6)23(20)21-13-15(3)12-16(4)17(21)5;1-14-10-15(2)16(3)19(11-14)22-20-12-18(17-6-5-7-17)8-9-21(20)23-13-24(22)4;1-14-10-15(2)16(3)20(11-14)22-19-9-8-18(17-6-5-7-17)12-21(19)23-13-24(22)4;1-11-9-15(12(2)13(3)17(11)19)18-14-7-5-6-8-16(14)20-10-21(18)4/h3*9-14,18H,7-8H2,1-6H3;2*8-13,17H,5-7H2,1-4H3;5-10H,1-4H3/q6*+1. The predicted molar refractivity (Wildman–Crippen MR) is 599 cm³/mol. The maximum Gasteiger partial charge on any atom is 0.287 e. The number of rotatable bonds is 17. The Balaban J connectivity index is 0.000000130. The van der Waals surface area contributed by atoms with Crippen LogP contribution >= 0.6 is 0 Å². The molecule has 0 atom stereocenters. The van der Waals surface area contributed by atoms with Gasteiger partial charge in [0.05, 0.1) is 74.6 Å². The summed E-state index contributed by atoms with van der Waals surface area (Å²) in [5.41, 5.74) is 51.1. The second-order valence-electron chi connectivity index (χ2n) is 42.0. The number of aromatic nitrogens is 12. The molecule has 2 aliphatic carbocycles. The minimum absolute atomic E-state index is 0.114. The first-order valence-electron chi connectivity index (χ1n) is 52.8. The van der Waals surface area contributed by atoms with E-state index in [-0.39, 0.29) is 5.82 Å². The third-order valence-corrected chi connectivity index (χ3v) is 32.0. The number of para-hydroxylation sites is 2. The van der Waals surface area contributed by atoms with Gasteiger partial charge in [0.1, 0.15) is 40.0 Å². The highest BCUT2D eigenvalue weighted by Crippen LogP contribution is 2.44. The first-order valence-corrected chi connectivity index (χ1v) is 52.8. The van der Waals surface area contributed by atoms with E-state index in [2.05, 4.69) is 376 Å². The molecule has 144 heavy (non-hydrogen) atoms. The summed E-state index contributed by atoms with van der Waals surface area (Å²) in [6.07, 6.45) is 26.6. The van der Waals surface area contributed by atoms with Gasteiger partial charge >= 0.3 is 0 Å². The van der Waals surface area contributed by atoms with E-state index < -0.39 is 0 Å². The zero-order chi connectivity index (χ0) is 103. The number of nitrogens with zero attached hydrogens (tertiary/aromatic N) is 12. The van der Waals surface area contributed by atoms with Crippen LogP contribution in [-0.2, 0) is 42.3 Å². The molecule has 2 saturated carbocycles. The van der Waals surface area contributed by atoms with E-state index in [1.807, 2.05) is 94.6 Å². The Kier molecular flexibility index (Phi) is 33.0. The maximum atomic E-state index is 14.1. The summed E-state index contributed by atoms with van der Waals surface area (Å²) in [7, 11) is 12.5. The minimum atomic E-state index is -0.114. The van der Waals surface area contributed by atoms with Crippen LogP contribution in [0.3, 0.4) is 0 Å². The van der Waals surface area contributed by atoms with E-state index in [0.717, 1.165) is 80.0 Å². The molecule has 0 amide bonds. The molecule has 6 heterocycles. The zero-order valence-corrected chi connectivity index (χ0v) is 91.9. The number of benzene rings is 12.